The maximum Gasteiger partial charge on any atom is 0.322 e. The summed E-state index contributed by atoms with van der Waals surface area (Å²) in [5, 5.41) is 2.54. The van der Waals surface area contributed by atoms with E-state index in [1.165, 1.54) is 6.07 Å². The van der Waals surface area contributed by atoms with Gasteiger partial charge in [0.25, 0.3) is 0 Å². The van der Waals surface area contributed by atoms with Gasteiger partial charge in [-0.15, -0.1) is 0 Å². The van der Waals surface area contributed by atoms with Crippen LogP contribution in [0.3, 0.4) is 0 Å². The van der Waals surface area contributed by atoms with Gasteiger partial charge in [0.2, 0.25) is 0 Å². The van der Waals surface area contributed by atoms with E-state index in [0.717, 1.165) is 29.1 Å². The van der Waals surface area contributed by atoms with Crippen molar-refractivity contribution in [1.29, 1.82) is 0 Å². The summed E-state index contributed by atoms with van der Waals surface area (Å²) in [5.41, 5.74) is 2.78. The summed E-state index contributed by atoms with van der Waals surface area (Å²) in [6, 6.07) is 16.1. The van der Waals surface area contributed by atoms with E-state index in [9.17, 15) is 13.6 Å². The monoisotopic (exact) mass is 410 g/mol. The van der Waals surface area contributed by atoms with Crippen LogP contribution in [0.4, 0.5) is 25.0 Å². The van der Waals surface area contributed by atoms with Crippen LogP contribution in [0.5, 0.6) is 0 Å². The summed E-state index contributed by atoms with van der Waals surface area (Å²) in [6.45, 7) is 0.732. The molecule has 2 amide bonds. The molecule has 0 radical (unpaired) electrons. The van der Waals surface area contributed by atoms with E-state index in [-0.39, 0.29) is 5.69 Å². The summed E-state index contributed by atoms with van der Waals surface area (Å²) in [4.78, 5) is 20.7. The highest BCUT2D eigenvalue weighted by Gasteiger charge is 2.17. The van der Waals surface area contributed by atoms with E-state index in [2.05, 4.69) is 10.3 Å². The molecular weight excluding hydrogens is 386 g/mol. The van der Waals surface area contributed by atoms with Crippen LogP contribution in [0.1, 0.15) is 11.3 Å². The fourth-order valence-corrected chi connectivity index (χ4v) is 2.95. The molecule has 1 N–H and O–H groups in total. The summed E-state index contributed by atoms with van der Waals surface area (Å²) < 4.78 is 27.1. The number of pyridine rings is 1. The average Bonchev–Trinajstić information content (AvgIpc) is 2.74. The molecule has 0 atom stereocenters. The van der Waals surface area contributed by atoms with Gasteiger partial charge >= 0.3 is 6.03 Å². The van der Waals surface area contributed by atoms with Crippen molar-refractivity contribution in [3.8, 4) is 0 Å². The van der Waals surface area contributed by atoms with Crippen molar-refractivity contribution < 1.29 is 13.6 Å². The second kappa shape index (κ2) is 9.82. The second-order valence-electron chi connectivity index (χ2n) is 7.11. The number of nitrogens with one attached hydrogen (secondary N) is 1. The maximum atomic E-state index is 14.0. The number of carbonyl (C=O) groups excluding carboxylic acids is 1. The number of nitrogens with zero attached hydrogens (tertiary/aromatic N) is 3. The van der Waals surface area contributed by atoms with E-state index in [1.54, 1.807) is 11.1 Å². The highest BCUT2D eigenvalue weighted by atomic mass is 19.1. The molecule has 7 heteroatoms. The van der Waals surface area contributed by atoms with Gasteiger partial charge < -0.3 is 15.1 Å². The molecule has 0 saturated heterocycles. The molecule has 0 saturated carbocycles. The fourth-order valence-electron chi connectivity index (χ4n) is 2.95. The molecule has 0 spiro atoms. The summed E-state index contributed by atoms with van der Waals surface area (Å²) in [7, 11) is 3.91. The molecule has 156 valence electrons. The van der Waals surface area contributed by atoms with E-state index in [4.69, 9.17) is 0 Å². The molecule has 2 aromatic carbocycles. The van der Waals surface area contributed by atoms with Gasteiger partial charge in [0.15, 0.2) is 0 Å². The zero-order valence-corrected chi connectivity index (χ0v) is 17.0. The molecule has 3 aromatic rings. The molecule has 1 aromatic heterocycles. The lowest BCUT2D eigenvalue weighted by atomic mass is 10.1. The zero-order chi connectivity index (χ0) is 21.5. The van der Waals surface area contributed by atoms with Gasteiger partial charge in [0.05, 0.1) is 5.69 Å². The number of carbonyl (C=O) groups is 1. The van der Waals surface area contributed by atoms with Crippen molar-refractivity contribution in [3.05, 3.63) is 89.8 Å². The minimum Gasteiger partial charge on any atom is -0.378 e. The Kier molecular flexibility index (Phi) is 6.95. The van der Waals surface area contributed by atoms with E-state index in [0.29, 0.717) is 19.5 Å². The summed E-state index contributed by atoms with van der Waals surface area (Å²) >= 11 is 0. The molecule has 1 heterocycles. The number of benzene rings is 2. The van der Waals surface area contributed by atoms with Crippen molar-refractivity contribution >= 4 is 17.4 Å². The SMILES string of the molecule is CN(C)c1ccc(CN(CCc2ccccn2)C(=O)Nc2ccc(F)cc2F)cc1. The van der Waals surface area contributed by atoms with E-state index < -0.39 is 17.7 Å². The molecule has 0 aliphatic rings. The molecule has 30 heavy (non-hydrogen) atoms. The summed E-state index contributed by atoms with van der Waals surface area (Å²) in [5.74, 6) is -1.51. The van der Waals surface area contributed by atoms with Crippen LogP contribution in [-0.4, -0.2) is 36.6 Å². The third kappa shape index (κ3) is 5.76. The van der Waals surface area contributed by atoms with Gasteiger partial charge in [0.1, 0.15) is 11.6 Å². The lowest BCUT2D eigenvalue weighted by Crippen LogP contribution is -2.36. The topological polar surface area (TPSA) is 48.5 Å². The smallest absolute Gasteiger partial charge is 0.322 e. The standard InChI is InChI=1S/C23H24F2N4O/c1-28(2)20-9-6-17(7-10-20)16-29(14-12-19-5-3-4-13-26-19)23(30)27-22-11-8-18(24)15-21(22)25/h3-11,13,15H,12,14,16H2,1-2H3,(H,27,30). The molecule has 0 bridgehead atoms. The predicted octanol–water partition coefficient (Wildman–Crippen LogP) is 4.70. The van der Waals surface area contributed by atoms with Crippen molar-refractivity contribution in [1.82, 2.24) is 9.88 Å². The lowest BCUT2D eigenvalue weighted by molar-refractivity contribution is 0.209. The number of anilines is 2. The molecule has 0 aliphatic heterocycles. The van der Waals surface area contributed by atoms with Crippen molar-refractivity contribution in [3.63, 3.8) is 0 Å². The third-order valence-electron chi connectivity index (χ3n) is 4.65. The van der Waals surface area contributed by atoms with Crippen LogP contribution in [-0.2, 0) is 13.0 Å². The maximum absolute atomic E-state index is 14.0. The van der Waals surface area contributed by atoms with Gasteiger partial charge in [-0.25, -0.2) is 13.6 Å². The number of hydrogen-bond donors (Lipinski definition) is 1. The normalized spacial score (nSPS) is 10.5. The van der Waals surface area contributed by atoms with Crippen LogP contribution in [0.25, 0.3) is 0 Å². The Bertz CT molecular complexity index is 978. The Labute approximate surface area is 175 Å². The lowest BCUT2D eigenvalue weighted by Gasteiger charge is -2.24. The first-order valence-corrected chi connectivity index (χ1v) is 9.59. The fraction of sp³-hybridized carbons (Fsp3) is 0.217. The number of hydrogen-bond acceptors (Lipinski definition) is 3. The summed E-state index contributed by atoms with van der Waals surface area (Å²) in [6.07, 6.45) is 2.25. The van der Waals surface area contributed by atoms with Crippen LogP contribution in [0, 0.1) is 11.6 Å². The Morgan fingerprint density at radius 2 is 1.80 bits per heavy atom. The van der Waals surface area contributed by atoms with Crippen molar-refractivity contribution in [2.45, 2.75) is 13.0 Å². The minimum absolute atomic E-state index is 0.0628. The minimum atomic E-state index is -0.816. The number of amides is 2. The molecule has 0 aliphatic carbocycles. The number of halogens is 2. The first-order chi connectivity index (χ1) is 14.4. The van der Waals surface area contributed by atoms with Crippen molar-refractivity contribution in [2.75, 3.05) is 30.9 Å². The van der Waals surface area contributed by atoms with Crippen LogP contribution in [0.15, 0.2) is 66.9 Å². The second-order valence-corrected chi connectivity index (χ2v) is 7.11. The Hall–Kier alpha value is -3.48. The van der Waals surface area contributed by atoms with Gasteiger partial charge in [-0.05, 0) is 42.0 Å². The Balaban J connectivity index is 1.75. The number of aromatic nitrogens is 1. The highest BCUT2D eigenvalue weighted by molar-refractivity contribution is 5.89. The molecule has 0 unspecified atom stereocenters. The molecular formula is C23H24F2N4O. The molecule has 3 rings (SSSR count). The van der Waals surface area contributed by atoms with Crippen LogP contribution < -0.4 is 10.2 Å². The highest BCUT2D eigenvalue weighted by Crippen LogP contribution is 2.18. The van der Waals surface area contributed by atoms with Gasteiger partial charge in [-0.1, -0.05) is 18.2 Å². The molecule has 5 nitrogen and oxygen atoms in total. The Morgan fingerprint density at radius 1 is 1.03 bits per heavy atom. The van der Waals surface area contributed by atoms with Crippen LogP contribution in [0.2, 0.25) is 0 Å². The predicted molar refractivity (Wildman–Crippen MR) is 114 cm³/mol. The Morgan fingerprint density at radius 3 is 2.43 bits per heavy atom. The average molecular weight is 410 g/mol. The zero-order valence-electron chi connectivity index (χ0n) is 17.0. The third-order valence-corrected chi connectivity index (χ3v) is 4.65. The van der Waals surface area contributed by atoms with Gasteiger partial charge in [0, 0.05) is 57.3 Å². The quantitative estimate of drug-likeness (QED) is 0.614. The van der Waals surface area contributed by atoms with E-state index in [1.807, 2.05) is 61.5 Å². The molecule has 0 fully saturated rings. The first-order valence-electron chi connectivity index (χ1n) is 9.59. The largest absolute Gasteiger partial charge is 0.378 e. The number of rotatable bonds is 7. The van der Waals surface area contributed by atoms with Crippen LogP contribution >= 0.6 is 0 Å². The van der Waals surface area contributed by atoms with Gasteiger partial charge in [-0.2, -0.15) is 0 Å². The van der Waals surface area contributed by atoms with E-state index >= 15 is 0 Å². The van der Waals surface area contributed by atoms with Crippen molar-refractivity contribution in [2.24, 2.45) is 0 Å². The first kappa shape index (κ1) is 21.2. The van der Waals surface area contributed by atoms with Gasteiger partial charge in [-0.3, -0.25) is 4.98 Å². The number of urea groups is 1.